The summed E-state index contributed by atoms with van der Waals surface area (Å²) in [5.74, 6) is -0.278. The van der Waals surface area contributed by atoms with E-state index >= 15 is 0 Å². The second kappa shape index (κ2) is 7.45. The lowest BCUT2D eigenvalue weighted by Crippen LogP contribution is -2.07. The molecule has 4 heteroatoms. The van der Waals surface area contributed by atoms with Gasteiger partial charge < -0.3 is 4.74 Å². The number of methoxy groups -OCH3 is 1. The number of carbonyl (C=O) groups excluding carboxylic acids is 1. The minimum absolute atomic E-state index is 0.278. The highest BCUT2D eigenvalue weighted by molar-refractivity contribution is 7.16. The number of carbonyl (C=O) groups is 1. The largest absolute Gasteiger partial charge is 0.465 e. The standard InChI is InChI=1S/C25H21NO2S/c1-28-25(27)23-20-12-6-7-13-22(20)29-24(23)26-15-21-18-10-4-2-8-16(18)14-17-9-3-5-11-19(17)21/h2-5,8-11,14-15H,6-7,12-13H2,1H3/b26-15+. The van der Waals surface area contributed by atoms with Gasteiger partial charge in [0.1, 0.15) is 5.00 Å². The second-order valence-electron chi connectivity index (χ2n) is 7.37. The Labute approximate surface area is 173 Å². The van der Waals surface area contributed by atoms with Gasteiger partial charge in [-0.2, -0.15) is 0 Å². The molecule has 0 unspecified atom stereocenters. The Hall–Kier alpha value is -2.98. The maximum absolute atomic E-state index is 12.5. The second-order valence-corrected chi connectivity index (χ2v) is 8.46. The number of benzene rings is 3. The van der Waals surface area contributed by atoms with Crippen LogP contribution in [0.15, 0.2) is 59.6 Å². The Bertz CT molecular complexity index is 1210. The summed E-state index contributed by atoms with van der Waals surface area (Å²) in [5.41, 5.74) is 2.89. The third kappa shape index (κ3) is 3.14. The molecule has 1 aliphatic carbocycles. The zero-order valence-corrected chi connectivity index (χ0v) is 17.1. The van der Waals surface area contributed by atoms with Gasteiger partial charge >= 0.3 is 5.97 Å². The number of aryl methyl sites for hydroxylation is 1. The number of fused-ring (bicyclic) bond motifs is 3. The zero-order valence-electron chi connectivity index (χ0n) is 16.3. The maximum atomic E-state index is 12.5. The molecule has 5 rings (SSSR count). The number of esters is 1. The van der Waals surface area contributed by atoms with Gasteiger partial charge in [-0.05, 0) is 58.9 Å². The van der Waals surface area contributed by atoms with Crippen molar-refractivity contribution < 1.29 is 9.53 Å². The van der Waals surface area contributed by atoms with E-state index in [0.29, 0.717) is 5.56 Å². The lowest BCUT2D eigenvalue weighted by atomic mass is 9.95. The summed E-state index contributed by atoms with van der Waals surface area (Å²) >= 11 is 1.64. The molecule has 3 aromatic carbocycles. The first-order valence-corrected chi connectivity index (χ1v) is 10.8. The Morgan fingerprint density at radius 2 is 1.66 bits per heavy atom. The van der Waals surface area contributed by atoms with Crippen LogP contribution in [0.5, 0.6) is 0 Å². The van der Waals surface area contributed by atoms with Crippen molar-refractivity contribution in [2.45, 2.75) is 25.7 Å². The van der Waals surface area contributed by atoms with Crippen molar-refractivity contribution in [2.24, 2.45) is 4.99 Å². The number of hydrogen-bond donors (Lipinski definition) is 0. The summed E-state index contributed by atoms with van der Waals surface area (Å²) in [6, 6.07) is 18.9. The van der Waals surface area contributed by atoms with E-state index in [4.69, 9.17) is 9.73 Å². The summed E-state index contributed by atoms with van der Waals surface area (Å²) in [7, 11) is 1.45. The first-order valence-electron chi connectivity index (χ1n) is 9.93. The Morgan fingerprint density at radius 1 is 1.00 bits per heavy atom. The van der Waals surface area contributed by atoms with Gasteiger partial charge in [-0.25, -0.2) is 9.79 Å². The van der Waals surface area contributed by atoms with Crippen molar-refractivity contribution in [1.29, 1.82) is 0 Å². The van der Waals surface area contributed by atoms with Crippen LogP contribution in [-0.4, -0.2) is 19.3 Å². The van der Waals surface area contributed by atoms with Crippen molar-refractivity contribution in [3.63, 3.8) is 0 Å². The van der Waals surface area contributed by atoms with Crippen molar-refractivity contribution in [3.8, 4) is 0 Å². The third-order valence-corrected chi connectivity index (χ3v) is 6.87. The summed E-state index contributed by atoms with van der Waals surface area (Å²) in [6.45, 7) is 0. The van der Waals surface area contributed by atoms with Crippen LogP contribution in [0, 0.1) is 0 Å². The molecule has 0 bridgehead atoms. The molecule has 0 saturated heterocycles. The molecule has 29 heavy (non-hydrogen) atoms. The monoisotopic (exact) mass is 399 g/mol. The van der Waals surface area contributed by atoms with E-state index < -0.39 is 0 Å². The van der Waals surface area contributed by atoms with Crippen LogP contribution in [0.3, 0.4) is 0 Å². The number of nitrogens with zero attached hydrogens (tertiary/aromatic N) is 1. The molecule has 3 nitrogen and oxygen atoms in total. The summed E-state index contributed by atoms with van der Waals surface area (Å²) < 4.78 is 5.09. The van der Waals surface area contributed by atoms with Gasteiger partial charge in [0.2, 0.25) is 0 Å². The van der Waals surface area contributed by atoms with E-state index in [-0.39, 0.29) is 5.97 Å². The average Bonchev–Trinajstić information content (AvgIpc) is 3.14. The molecule has 0 amide bonds. The highest BCUT2D eigenvalue weighted by Crippen LogP contribution is 2.40. The molecule has 4 aromatic rings. The number of aliphatic imine (C=N–C) groups is 1. The number of thiophene rings is 1. The molecule has 144 valence electrons. The van der Waals surface area contributed by atoms with Crippen LogP contribution >= 0.6 is 11.3 Å². The maximum Gasteiger partial charge on any atom is 0.341 e. The highest BCUT2D eigenvalue weighted by atomic mass is 32.1. The normalized spacial score (nSPS) is 13.8. The van der Waals surface area contributed by atoms with Crippen LogP contribution < -0.4 is 0 Å². The first-order chi connectivity index (χ1) is 14.3. The molecule has 0 saturated carbocycles. The van der Waals surface area contributed by atoms with Crippen molar-refractivity contribution >= 4 is 50.1 Å². The predicted molar refractivity (Wildman–Crippen MR) is 121 cm³/mol. The summed E-state index contributed by atoms with van der Waals surface area (Å²) in [6.07, 6.45) is 6.17. The zero-order chi connectivity index (χ0) is 19.8. The van der Waals surface area contributed by atoms with Gasteiger partial charge in [0.25, 0.3) is 0 Å². The van der Waals surface area contributed by atoms with E-state index in [1.807, 2.05) is 6.21 Å². The van der Waals surface area contributed by atoms with Crippen LogP contribution in [0.25, 0.3) is 21.5 Å². The van der Waals surface area contributed by atoms with Gasteiger partial charge in [-0.15, -0.1) is 11.3 Å². The van der Waals surface area contributed by atoms with Gasteiger partial charge in [-0.3, -0.25) is 0 Å². The quantitative estimate of drug-likeness (QED) is 0.225. The molecule has 1 heterocycles. The van der Waals surface area contributed by atoms with Gasteiger partial charge in [0.05, 0.1) is 12.7 Å². The van der Waals surface area contributed by atoms with Crippen LogP contribution in [0.2, 0.25) is 0 Å². The van der Waals surface area contributed by atoms with Crippen LogP contribution in [-0.2, 0) is 17.6 Å². The van der Waals surface area contributed by atoms with Crippen molar-refractivity contribution in [1.82, 2.24) is 0 Å². The van der Waals surface area contributed by atoms with E-state index in [9.17, 15) is 4.79 Å². The number of rotatable bonds is 3. The molecule has 0 spiro atoms. The van der Waals surface area contributed by atoms with E-state index in [1.54, 1.807) is 11.3 Å². The lowest BCUT2D eigenvalue weighted by molar-refractivity contribution is 0.0601. The molecule has 0 aliphatic heterocycles. The average molecular weight is 400 g/mol. The van der Waals surface area contributed by atoms with Crippen LogP contribution in [0.1, 0.15) is 39.2 Å². The van der Waals surface area contributed by atoms with Gasteiger partial charge in [0.15, 0.2) is 0 Å². The lowest BCUT2D eigenvalue weighted by Gasteiger charge is -2.11. The number of ether oxygens (including phenoxy) is 1. The van der Waals surface area contributed by atoms with E-state index in [0.717, 1.165) is 46.2 Å². The fourth-order valence-electron chi connectivity index (χ4n) is 4.27. The number of hydrogen-bond acceptors (Lipinski definition) is 4. The molecule has 0 N–H and O–H groups in total. The molecular formula is C25H21NO2S. The Balaban J connectivity index is 1.70. The minimum atomic E-state index is -0.278. The van der Waals surface area contributed by atoms with Crippen LogP contribution in [0.4, 0.5) is 5.00 Å². The van der Waals surface area contributed by atoms with Gasteiger partial charge in [-0.1, -0.05) is 48.5 Å². The minimum Gasteiger partial charge on any atom is -0.465 e. The Morgan fingerprint density at radius 3 is 2.34 bits per heavy atom. The predicted octanol–water partition coefficient (Wildman–Crippen LogP) is 6.47. The van der Waals surface area contributed by atoms with Gasteiger partial charge in [0, 0.05) is 16.7 Å². The Kier molecular flexibility index (Phi) is 4.64. The fraction of sp³-hybridized carbons (Fsp3) is 0.200. The first kappa shape index (κ1) is 18.1. The molecule has 1 aliphatic rings. The molecule has 0 fully saturated rings. The van der Waals surface area contributed by atoms with Crippen molar-refractivity contribution in [2.75, 3.05) is 7.11 Å². The smallest absolute Gasteiger partial charge is 0.341 e. The fourth-order valence-corrected chi connectivity index (χ4v) is 5.49. The molecular weight excluding hydrogens is 378 g/mol. The highest BCUT2D eigenvalue weighted by Gasteiger charge is 2.25. The SMILES string of the molecule is COC(=O)c1c(/N=C/c2c3ccccc3cc3ccccc23)sc2c1CCCC2. The topological polar surface area (TPSA) is 38.7 Å². The molecule has 0 atom stereocenters. The summed E-state index contributed by atoms with van der Waals surface area (Å²) in [4.78, 5) is 18.6. The van der Waals surface area contributed by atoms with E-state index in [1.165, 1.54) is 29.2 Å². The summed E-state index contributed by atoms with van der Waals surface area (Å²) in [5, 5.41) is 5.46. The molecule has 0 radical (unpaired) electrons. The third-order valence-electron chi connectivity index (χ3n) is 5.67. The van der Waals surface area contributed by atoms with E-state index in [2.05, 4.69) is 54.6 Å². The van der Waals surface area contributed by atoms with Crippen molar-refractivity contribution in [3.05, 3.63) is 76.2 Å². The molecule has 1 aromatic heterocycles.